The maximum atomic E-state index is 12.6. The summed E-state index contributed by atoms with van der Waals surface area (Å²) in [5, 5.41) is 0. The van der Waals surface area contributed by atoms with Crippen LogP contribution in [0.15, 0.2) is 67.0 Å². The van der Waals surface area contributed by atoms with E-state index in [1.807, 2.05) is 55.7 Å². The topological polar surface area (TPSA) is 58.6 Å². The van der Waals surface area contributed by atoms with Crippen molar-refractivity contribution < 1.29 is 9.53 Å². The second-order valence-corrected chi connectivity index (χ2v) is 8.59. The summed E-state index contributed by atoms with van der Waals surface area (Å²) in [6, 6.07) is 18.0. The smallest absolute Gasteiger partial charge is 0.410 e. The van der Waals surface area contributed by atoms with E-state index in [1.54, 1.807) is 4.90 Å². The highest BCUT2D eigenvalue weighted by molar-refractivity contribution is 5.70. The van der Waals surface area contributed by atoms with Crippen molar-refractivity contribution in [1.82, 2.24) is 19.8 Å². The van der Waals surface area contributed by atoms with Crippen molar-refractivity contribution in [3.63, 3.8) is 0 Å². The van der Waals surface area contributed by atoms with Crippen LogP contribution in [0.5, 0.6) is 5.75 Å². The van der Waals surface area contributed by atoms with Crippen molar-refractivity contribution in [1.29, 1.82) is 0 Å². The molecule has 0 bridgehead atoms. The molecule has 0 unspecified atom stereocenters. The van der Waals surface area contributed by atoms with E-state index >= 15 is 0 Å². The Kier molecular flexibility index (Phi) is 8.04. The summed E-state index contributed by atoms with van der Waals surface area (Å²) in [4.78, 5) is 25.6. The molecular formula is C27H32N4O2. The fraction of sp³-hybridized carbons (Fsp3) is 0.370. The van der Waals surface area contributed by atoms with Gasteiger partial charge in [0.2, 0.25) is 0 Å². The number of piperazine rings is 1. The molecule has 3 aromatic rings. The van der Waals surface area contributed by atoms with Crippen LogP contribution in [-0.2, 0) is 19.3 Å². The molecule has 3 heterocycles. The number of benzene rings is 1. The number of carbonyl (C=O) groups excluding carboxylic acids is 1. The van der Waals surface area contributed by atoms with E-state index in [0.717, 1.165) is 56.7 Å². The van der Waals surface area contributed by atoms with Gasteiger partial charge in [-0.05, 0) is 80.6 Å². The summed E-state index contributed by atoms with van der Waals surface area (Å²) < 4.78 is 5.61. The molecule has 33 heavy (non-hydrogen) atoms. The zero-order chi connectivity index (χ0) is 22.9. The molecule has 1 aromatic carbocycles. The molecule has 172 valence electrons. The van der Waals surface area contributed by atoms with Crippen LogP contribution in [0.25, 0.3) is 0 Å². The maximum Gasteiger partial charge on any atom is 0.415 e. The molecule has 6 heteroatoms. The molecular weight excluding hydrogens is 412 g/mol. The number of amides is 1. The van der Waals surface area contributed by atoms with Crippen molar-refractivity contribution in [2.24, 2.45) is 0 Å². The molecule has 0 atom stereocenters. The van der Waals surface area contributed by atoms with Crippen LogP contribution in [-0.4, -0.2) is 58.6 Å². The number of rotatable bonds is 8. The lowest BCUT2D eigenvalue weighted by molar-refractivity contribution is 0.110. The molecule has 1 aliphatic rings. The van der Waals surface area contributed by atoms with Gasteiger partial charge in [0, 0.05) is 50.0 Å². The van der Waals surface area contributed by atoms with Crippen LogP contribution in [0.1, 0.15) is 28.9 Å². The third-order valence-electron chi connectivity index (χ3n) is 6.03. The Balaban J connectivity index is 1.16. The van der Waals surface area contributed by atoms with Gasteiger partial charge < -0.3 is 9.64 Å². The van der Waals surface area contributed by atoms with Crippen LogP contribution in [0.3, 0.4) is 0 Å². The normalized spacial score (nSPS) is 14.3. The fourth-order valence-corrected chi connectivity index (χ4v) is 3.99. The lowest BCUT2D eigenvalue weighted by Crippen LogP contribution is -2.49. The average molecular weight is 445 g/mol. The molecule has 4 rings (SSSR count). The third kappa shape index (κ3) is 7.12. The molecule has 0 spiro atoms. The molecule has 2 aromatic heterocycles. The molecule has 0 aliphatic carbocycles. The Morgan fingerprint density at radius 1 is 0.879 bits per heavy atom. The second kappa shape index (κ2) is 11.6. The zero-order valence-corrected chi connectivity index (χ0v) is 19.3. The number of hydrogen-bond acceptors (Lipinski definition) is 5. The Bertz CT molecular complexity index is 999. The summed E-state index contributed by atoms with van der Waals surface area (Å²) in [7, 11) is 0. The number of ether oxygens (including phenoxy) is 1. The Morgan fingerprint density at radius 2 is 1.67 bits per heavy atom. The summed E-state index contributed by atoms with van der Waals surface area (Å²) in [6.07, 6.45) is 7.35. The first-order chi connectivity index (χ1) is 16.2. The van der Waals surface area contributed by atoms with E-state index in [2.05, 4.69) is 33.1 Å². The van der Waals surface area contributed by atoms with E-state index in [-0.39, 0.29) is 6.09 Å². The molecule has 1 aliphatic heterocycles. The van der Waals surface area contributed by atoms with Crippen LogP contribution in [0.4, 0.5) is 4.79 Å². The number of nitrogens with zero attached hydrogens (tertiary/aromatic N) is 4. The van der Waals surface area contributed by atoms with Crippen LogP contribution in [0.2, 0.25) is 0 Å². The average Bonchev–Trinajstić information content (AvgIpc) is 2.86. The van der Waals surface area contributed by atoms with E-state index in [1.165, 1.54) is 11.1 Å². The molecule has 1 saturated heterocycles. The highest BCUT2D eigenvalue weighted by Gasteiger charge is 2.22. The van der Waals surface area contributed by atoms with E-state index < -0.39 is 0 Å². The molecule has 0 N–H and O–H groups in total. The van der Waals surface area contributed by atoms with Crippen LogP contribution < -0.4 is 4.74 Å². The molecule has 0 radical (unpaired) electrons. The summed E-state index contributed by atoms with van der Waals surface area (Å²) in [5.41, 5.74) is 4.60. The highest BCUT2D eigenvalue weighted by Crippen LogP contribution is 2.16. The maximum absolute atomic E-state index is 12.6. The largest absolute Gasteiger partial charge is 0.415 e. The Hall–Kier alpha value is -3.25. The Morgan fingerprint density at radius 3 is 2.36 bits per heavy atom. The fourth-order valence-electron chi connectivity index (χ4n) is 3.99. The van der Waals surface area contributed by atoms with Crippen molar-refractivity contribution >= 4 is 6.09 Å². The van der Waals surface area contributed by atoms with E-state index in [9.17, 15) is 4.79 Å². The minimum Gasteiger partial charge on any atom is -0.410 e. The summed E-state index contributed by atoms with van der Waals surface area (Å²) in [6.45, 7) is 6.22. The number of hydrogen-bond donors (Lipinski definition) is 0. The standard InChI is InChI=1S/C27H32N4O2/c1-22-7-11-25(29-21-22)12-8-23-9-13-26(14-10-23)33-27(32)31-19-17-30(18-20-31)16-4-6-24-5-2-3-15-28-24/h2-3,5,7,9-11,13-15,21H,4,6,8,12,16-20H2,1H3. The van der Waals surface area contributed by atoms with Gasteiger partial charge in [-0.2, -0.15) is 0 Å². The summed E-state index contributed by atoms with van der Waals surface area (Å²) in [5.74, 6) is 0.593. The number of aryl methyl sites for hydroxylation is 4. The molecule has 1 amide bonds. The lowest BCUT2D eigenvalue weighted by Gasteiger charge is -2.34. The van der Waals surface area contributed by atoms with Gasteiger partial charge in [0.25, 0.3) is 0 Å². The Labute approximate surface area is 196 Å². The second-order valence-electron chi connectivity index (χ2n) is 8.59. The molecule has 1 fully saturated rings. The van der Waals surface area contributed by atoms with Crippen molar-refractivity contribution in [2.45, 2.75) is 32.6 Å². The van der Waals surface area contributed by atoms with Crippen molar-refractivity contribution in [2.75, 3.05) is 32.7 Å². The number of pyridine rings is 2. The lowest BCUT2D eigenvalue weighted by atomic mass is 10.1. The molecule has 0 saturated carbocycles. The van der Waals surface area contributed by atoms with Gasteiger partial charge in [0.05, 0.1) is 0 Å². The van der Waals surface area contributed by atoms with Crippen LogP contribution in [0, 0.1) is 6.92 Å². The highest BCUT2D eigenvalue weighted by atomic mass is 16.6. The van der Waals surface area contributed by atoms with Gasteiger partial charge in [-0.1, -0.05) is 24.3 Å². The minimum atomic E-state index is -0.264. The van der Waals surface area contributed by atoms with Gasteiger partial charge in [0.15, 0.2) is 0 Å². The van der Waals surface area contributed by atoms with E-state index in [4.69, 9.17) is 4.74 Å². The van der Waals surface area contributed by atoms with Gasteiger partial charge in [-0.25, -0.2) is 4.79 Å². The molecule has 6 nitrogen and oxygen atoms in total. The monoisotopic (exact) mass is 444 g/mol. The van der Waals surface area contributed by atoms with Gasteiger partial charge >= 0.3 is 6.09 Å². The van der Waals surface area contributed by atoms with Crippen LogP contribution >= 0.6 is 0 Å². The third-order valence-corrected chi connectivity index (χ3v) is 6.03. The first-order valence-electron chi connectivity index (χ1n) is 11.8. The van der Waals surface area contributed by atoms with Gasteiger partial charge in [-0.15, -0.1) is 0 Å². The summed E-state index contributed by atoms with van der Waals surface area (Å²) >= 11 is 0. The number of carbonyl (C=O) groups is 1. The first kappa shape index (κ1) is 22.9. The van der Waals surface area contributed by atoms with E-state index in [0.29, 0.717) is 18.8 Å². The SMILES string of the molecule is Cc1ccc(CCc2ccc(OC(=O)N3CCN(CCCc4ccccn4)CC3)cc2)nc1. The van der Waals surface area contributed by atoms with Gasteiger partial charge in [-0.3, -0.25) is 14.9 Å². The zero-order valence-electron chi connectivity index (χ0n) is 19.3. The quantitative estimate of drug-likeness (QED) is 0.518. The van der Waals surface area contributed by atoms with Gasteiger partial charge in [0.1, 0.15) is 5.75 Å². The van der Waals surface area contributed by atoms with Crippen molar-refractivity contribution in [3.8, 4) is 5.75 Å². The van der Waals surface area contributed by atoms with Crippen molar-refractivity contribution in [3.05, 3.63) is 89.5 Å². The number of aromatic nitrogens is 2. The first-order valence-corrected chi connectivity index (χ1v) is 11.8. The minimum absolute atomic E-state index is 0.264. The predicted molar refractivity (Wildman–Crippen MR) is 129 cm³/mol. The predicted octanol–water partition coefficient (Wildman–Crippen LogP) is 4.32.